The van der Waals surface area contributed by atoms with E-state index < -0.39 is 29.2 Å². The summed E-state index contributed by atoms with van der Waals surface area (Å²) in [6.45, 7) is 2.32. The number of ether oxygens (including phenoxy) is 2. The molecule has 0 spiro atoms. The first-order valence-electron chi connectivity index (χ1n) is 12.1. The number of hydrogen-bond acceptors (Lipinski definition) is 6. The minimum Gasteiger partial charge on any atom is -0.494 e. The number of hydrazine groups is 1. The zero-order chi connectivity index (χ0) is 27.1. The highest BCUT2D eigenvalue weighted by atomic mass is 79.9. The molecule has 1 aliphatic heterocycles. The third-order valence-corrected chi connectivity index (χ3v) is 7.00. The van der Waals surface area contributed by atoms with Gasteiger partial charge in [-0.2, -0.15) is 0 Å². The zero-order valence-electron chi connectivity index (χ0n) is 20.7. The van der Waals surface area contributed by atoms with Crippen LogP contribution in [0.4, 0.5) is 8.78 Å². The molecule has 3 aromatic carbocycles. The third-order valence-electron chi connectivity index (χ3n) is 6.22. The lowest BCUT2D eigenvalue weighted by Gasteiger charge is -2.28. The Morgan fingerprint density at radius 1 is 1.13 bits per heavy atom. The molecule has 3 N–H and O–H groups in total. The second kappa shape index (κ2) is 12.5. The van der Waals surface area contributed by atoms with Gasteiger partial charge < -0.3 is 14.6 Å². The van der Waals surface area contributed by atoms with E-state index in [0.717, 1.165) is 22.2 Å². The van der Waals surface area contributed by atoms with Crippen molar-refractivity contribution in [1.29, 1.82) is 0 Å². The molecule has 0 unspecified atom stereocenters. The average Bonchev–Trinajstić information content (AvgIpc) is 3.25. The summed E-state index contributed by atoms with van der Waals surface area (Å²) in [5.41, 5.74) is 6.19. The van der Waals surface area contributed by atoms with Gasteiger partial charge in [0.2, 0.25) is 5.90 Å². The lowest BCUT2D eigenvalue weighted by molar-refractivity contribution is -0.129. The molecule has 0 radical (unpaired) electrons. The molecule has 1 amide bonds. The van der Waals surface area contributed by atoms with Crippen molar-refractivity contribution in [2.75, 3.05) is 13.2 Å². The van der Waals surface area contributed by atoms with Crippen molar-refractivity contribution >= 4 is 27.7 Å². The fraction of sp³-hybridized carbons (Fsp3) is 0.286. The molecule has 0 fully saturated rings. The number of nitrogens with zero attached hydrogens (tertiary/aromatic N) is 1. The largest absolute Gasteiger partial charge is 0.494 e. The van der Waals surface area contributed by atoms with Crippen LogP contribution in [0.3, 0.4) is 0 Å². The Kier molecular flexibility index (Phi) is 9.09. The summed E-state index contributed by atoms with van der Waals surface area (Å²) >= 11 is 3.55. The van der Waals surface area contributed by atoms with Crippen molar-refractivity contribution in [1.82, 2.24) is 10.9 Å². The fourth-order valence-corrected chi connectivity index (χ4v) is 4.48. The number of benzene rings is 3. The highest BCUT2D eigenvalue weighted by molar-refractivity contribution is 9.10. The SMILES string of the molecule is C[C@@H]1OC(c2ccc(OCCCO)cc2)=N[C@]1(Cc1ccccc1Br)C(=O)NNCc1ccc(F)c(F)c1. The number of aliphatic imine (C=N–C) groups is 1. The van der Waals surface area contributed by atoms with Gasteiger partial charge in [-0.1, -0.05) is 40.2 Å². The molecule has 3 aromatic rings. The summed E-state index contributed by atoms with van der Waals surface area (Å²) in [6, 6.07) is 18.3. The molecule has 10 heteroatoms. The first-order chi connectivity index (χ1) is 18.3. The van der Waals surface area contributed by atoms with Gasteiger partial charge in [0.25, 0.3) is 5.91 Å². The Morgan fingerprint density at radius 2 is 1.89 bits per heavy atom. The number of halogens is 3. The number of hydrogen-bond donors (Lipinski definition) is 3. The number of nitrogens with one attached hydrogen (secondary N) is 2. The number of aliphatic hydroxyl groups is 1. The standard InChI is InChI=1S/C28H28BrF2N3O4/c1-18-28(16-21-5-2-3-6-23(21)29,27(36)34-32-17-19-7-12-24(30)25(31)15-19)33-26(38-18)20-8-10-22(11-9-20)37-14-4-13-35/h2-3,5-12,15,18,32,35H,4,13-14,16-17H2,1H3,(H,34,36)/t18-,28-/m0/s1. The fourth-order valence-electron chi connectivity index (χ4n) is 4.06. The Bertz CT molecular complexity index is 1310. The quantitative estimate of drug-likeness (QED) is 0.228. The molecule has 0 aliphatic carbocycles. The van der Waals surface area contributed by atoms with Gasteiger partial charge >= 0.3 is 0 Å². The normalized spacial score (nSPS) is 18.6. The van der Waals surface area contributed by atoms with Crippen molar-refractivity contribution in [3.05, 3.63) is 99.5 Å². The van der Waals surface area contributed by atoms with Crippen LogP contribution in [0.1, 0.15) is 30.0 Å². The van der Waals surface area contributed by atoms with Crippen LogP contribution in [-0.4, -0.2) is 41.8 Å². The maximum absolute atomic E-state index is 13.6. The predicted molar refractivity (Wildman–Crippen MR) is 143 cm³/mol. The van der Waals surface area contributed by atoms with E-state index in [1.165, 1.54) is 6.07 Å². The molecule has 1 heterocycles. The lowest BCUT2D eigenvalue weighted by Crippen LogP contribution is -2.55. The molecular formula is C28H28BrF2N3O4. The second-order valence-electron chi connectivity index (χ2n) is 8.88. The van der Waals surface area contributed by atoms with Gasteiger partial charge in [-0.15, -0.1) is 0 Å². The topological polar surface area (TPSA) is 92.2 Å². The van der Waals surface area contributed by atoms with E-state index in [4.69, 9.17) is 19.6 Å². The molecule has 0 aromatic heterocycles. The van der Waals surface area contributed by atoms with Crippen LogP contribution in [0.15, 0.2) is 76.2 Å². The smallest absolute Gasteiger partial charge is 0.266 e. The highest BCUT2D eigenvalue weighted by Gasteiger charge is 2.50. The summed E-state index contributed by atoms with van der Waals surface area (Å²) < 4.78 is 39.3. The Morgan fingerprint density at radius 3 is 2.61 bits per heavy atom. The molecule has 38 heavy (non-hydrogen) atoms. The summed E-state index contributed by atoms with van der Waals surface area (Å²) in [6.07, 6.45) is 0.168. The molecule has 1 aliphatic rings. The van der Waals surface area contributed by atoms with Gasteiger partial charge in [0, 0.05) is 36.0 Å². The van der Waals surface area contributed by atoms with E-state index in [1.54, 1.807) is 31.2 Å². The maximum Gasteiger partial charge on any atom is 0.266 e. The van der Waals surface area contributed by atoms with E-state index >= 15 is 0 Å². The van der Waals surface area contributed by atoms with Crippen molar-refractivity contribution in [2.24, 2.45) is 4.99 Å². The predicted octanol–water partition coefficient (Wildman–Crippen LogP) is 4.46. The van der Waals surface area contributed by atoms with Gasteiger partial charge in [0.05, 0.1) is 6.61 Å². The summed E-state index contributed by atoms with van der Waals surface area (Å²) in [5, 5.41) is 8.93. The molecule has 0 bridgehead atoms. The summed E-state index contributed by atoms with van der Waals surface area (Å²) in [7, 11) is 0. The monoisotopic (exact) mass is 587 g/mol. The first-order valence-corrected chi connectivity index (χ1v) is 12.9. The van der Waals surface area contributed by atoms with E-state index in [1.807, 2.05) is 24.3 Å². The van der Waals surface area contributed by atoms with Crippen LogP contribution in [-0.2, 0) is 22.5 Å². The molecule has 0 saturated carbocycles. The number of carbonyl (C=O) groups is 1. The van der Waals surface area contributed by atoms with E-state index in [0.29, 0.717) is 35.8 Å². The van der Waals surface area contributed by atoms with Crippen LogP contribution in [0.25, 0.3) is 0 Å². The number of carbonyl (C=O) groups excluding carboxylic acids is 1. The van der Waals surface area contributed by atoms with Gasteiger partial charge in [0.1, 0.15) is 11.9 Å². The Hall–Kier alpha value is -3.34. The second-order valence-corrected chi connectivity index (χ2v) is 9.73. The Balaban J connectivity index is 1.56. The third kappa shape index (κ3) is 6.38. The van der Waals surface area contributed by atoms with Crippen molar-refractivity contribution in [2.45, 2.75) is 38.0 Å². The van der Waals surface area contributed by atoms with Gasteiger partial charge in [-0.3, -0.25) is 10.2 Å². The molecular weight excluding hydrogens is 560 g/mol. The first kappa shape index (κ1) is 27.7. The summed E-state index contributed by atoms with van der Waals surface area (Å²) in [5.74, 6) is -1.36. The highest BCUT2D eigenvalue weighted by Crippen LogP contribution is 2.34. The van der Waals surface area contributed by atoms with Crippen LogP contribution in [0.5, 0.6) is 5.75 Å². The van der Waals surface area contributed by atoms with Crippen molar-refractivity contribution in [3.8, 4) is 5.75 Å². The minimum atomic E-state index is -1.31. The van der Waals surface area contributed by atoms with Gasteiger partial charge in [-0.25, -0.2) is 19.2 Å². The number of rotatable bonds is 11. The molecule has 7 nitrogen and oxygen atoms in total. The van der Waals surface area contributed by atoms with Crippen LogP contribution in [0, 0.1) is 11.6 Å². The minimum absolute atomic E-state index is 0.0535. The molecule has 0 saturated heterocycles. The van der Waals surface area contributed by atoms with E-state index in [2.05, 4.69) is 26.8 Å². The maximum atomic E-state index is 13.6. The zero-order valence-corrected chi connectivity index (χ0v) is 22.3. The molecule has 4 rings (SSSR count). The van der Waals surface area contributed by atoms with Crippen molar-refractivity contribution in [3.63, 3.8) is 0 Å². The molecule has 2 atom stereocenters. The van der Waals surface area contributed by atoms with Crippen LogP contribution >= 0.6 is 15.9 Å². The Labute approximate surface area is 228 Å². The van der Waals surface area contributed by atoms with Crippen molar-refractivity contribution < 1.29 is 28.2 Å². The lowest BCUT2D eigenvalue weighted by atomic mass is 9.86. The summed E-state index contributed by atoms with van der Waals surface area (Å²) in [4.78, 5) is 18.4. The van der Waals surface area contributed by atoms with Gasteiger partial charge in [-0.05, 0) is 60.5 Å². The number of amides is 1. The number of aliphatic hydroxyl groups excluding tert-OH is 1. The van der Waals surface area contributed by atoms with Crippen LogP contribution < -0.4 is 15.6 Å². The average molecular weight is 588 g/mol. The molecule has 200 valence electrons. The van der Waals surface area contributed by atoms with E-state index in [9.17, 15) is 13.6 Å². The van der Waals surface area contributed by atoms with Crippen LogP contribution in [0.2, 0.25) is 0 Å². The van der Waals surface area contributed by atoms with E-state index in [-0.39, 0.29) is 19.6 Å². The van der Waals surface area contributed by atoms with Gasteiger partial charge in [0.15, 0.2) is 17.2 Å².